The highest BCUT2D eigenvalue weighted by Gasteiger charge is 2.07. The van der Waals surface area contributed by atoms with Gasteiger partial charge in [-0.3, -0.25) is 0 Å². The summed E-state index contributed by atoms with van der Waals surface area (Å²) in [6.45, 7) is 0.297. The van der Waals surface area contributed by atoms with Crippen molar-refractivity contribution in [1.29, 1.82) is 0 Å². The van der Waals surface area contributed by atoms with Crippen molar-refractivity contribution in [3.8, 4) is 11.5 Å². The van der Waals surface area contributed by atoms with Crippen molar-refractivity contribution in [2.75, 3.05) is 0 Å². The molecule has 2 aromatic rings. The van der Waals surface area contributed by atoms with Crippen LogP contribution in [0.3, 0.4) is 0 Å². The fourth-order valence-electron chi connectivity index (χ4n) is 1.67. The molecule has 0 saturated carbocycles. The van der Waals surface area contributed by atoms with E-state index in [2.05, 4.69) is 0 Å². The highest BCUT2D eigenvalue weighted by molar-refractivity contribution is 6.31. The van der Waals surface area contributed by atoms with E-state index in [9.17, 15) is 0 Å². The molecular weight excluding hydrogens is 250 g/mol. The second-order valence-electron chi connectivity index (χ2n) is 3.83. The average molecular weight is 264 g/mol. The van der Waals surface area contributed by atoms with Crippen LogP contribution < -0.4 is 10.5 Å². The number of halogens is 1. The van der Waals surface area contributed by atoms with Gasteiger partial charge in [0.2, 0.25) is 0 Å². The lowest BCUT2D eigenvalue weighted by Crippen LogP contribution is -2.00. The van der Waals surface area contributed by atoms with Crippen LogP contribution >= 0.6 is 11.6 Å². The number of ether oxygens (including phenoxy) is 1. The normalized spacial score (nSPS) is 10.4. The maximum absolute atomic E-state index is 9.08. The molecule has 0 aromatic heterocycles. The topological polar surface area (TPSA) is 55.5 Å². The zero-order valence-electron chi connectivity index (χ0n) is 9.77. The minimum Gasteiger partial charge on any atom is -0.457 e. The average Bonchev–Trinajstić information content (AvgIpc) is 2.39. The van der Waals surface area contributed by atoms with Gasteiger partial charge in [0.15, 0.2) is 0 Å². The molecule has 0 aliphatic carbocycles. The Labute approximate surface area is 111 Å². The number of aliphatic hydroxyl groups is 1. The molecule has 3 nitrogen and oxygen atoms in total. The van der Waals surface area contributed by atoms with E-state index in [-0.39, 0.29) is 6.61 Å². The Hall–Kier alpha value is -1.55. The second-order valence-corrected chi connectivity index (χ2v) is 4.24. The van der Waals surface area contributed by atoms with Gasteiger partial charge in [0.05, 0.1) is 6.61 Å². The first-order valence-corrected chi connectivity index (χ1v) is 5.97. The van der Waals surface area contributed by atoms with Gasteiger partial charge >= 0.3 is 0 Å². The van der Waals surface area contributed by atoms with Gasteiger partial charge in [0.25, 0.3) is 0 Å². The quantitative estimate of drug-likeness (QED) is 0.891. The fourth-order valence-corrected chi connectivity index (χ4v) is 1.91. The molecule has 0 amide bonds. The van der Waals surface area contributed by atoms with Crippen molar-refractivity contribution in [1.82, 2.24) is 0 Å². The maximum Gasteiger partial charge on any atom is 0.133 e. The summed E-state index contributed by atoms with van der Waals surface area (Å²) >= 11 is 6.05. The molecule has 0 aliphatic rings. The van der Waals surface area contributed by atoms with Crippen molar-refractivity contribution in [3.63, 3.8) is 0 Å². The van der Waals surface area contributed by atoms with Crippen LogP contribution in [0, 0.1) is 0 Å². The first-order chi connectivity index (χ1) is 8.74. The molecule has 0 fully saturated rings. The van der Waals surface area contributed by atoms with Gasteiger partial charge in [-0.2, -0.15) is 0 Å². The largest absolute Gasteiger partial charge is 0.457 e. The zero-order valence-corrected chi connectivity index (χ0v) is 10.5. The number of benzene rings is 2. The van der Waals surface area contributed by atoms with Crippen LogP contribution in [-0.2, 0) is 13.2 Å². The van der Waals surface area contributed by atoms with E-state index in [1.54, 1.807) is 12.1 Å². The van der Waals surface area contributed by atoms with E-state index < -0.39 is 0 Å². The molecule has 0 bridgehead atoms. The summed E-state index contributed by atoms with van der Waals surface area (Å²) in [5, 5.41) is 9.67. The third kappa shape index (κ3) is 2.82. The van der Waals surface area contributed by atoms with Crippen molar-refractivity contribution < 1.29 is 9.84 Å². The summed E-state index contributed by atoms with van der Waals surface area (Å²) in [5.41, 5.74) is 7.22. The highest BCUT2D eigenvalue weighted by atomic mass is 35.5. The fraction of sp³-hybridized carbons (Fsp3) is 0.143. The van der Waals surface area contributed by atoms with Gasteiger partial charge in [-0.05, 0) is 29.8 Å². The molecule has 0 unspecified atom stereocenters. The lowest BCUT2D eigenvalue weighted by molar-refractivity contribution is 0.281. The summed E-state index contributed by atoms with van der Waals surface area (Å²) in [6, 6.07) is 12.7. The molecule has 0 atom stereocenters. The zero-order chi connectivity index (χ0) is 13.0. The molecule has 18 heavy (non-hydrogen) atoms. The molecule has 0 saturated heterocycles. The Kier molecular flexibility index (Phi) is 4.20. The minimum atomic E-state index is -0.0174. The molecule has 0 spiro atoms. The van der Waals surface area contributed by atoms with Crippen LogP contribution in [-0.4, -0.2) is 5.11 Å². The van der Waals surface area contributed by atoms with Crippen LogP contribution in [0.4, 0.5) is 0 Å². The first kappa shape index (κ1) is 12.9. The first-order valence-electron chi connectivity index (χ1n) is 5.59. The summed E-state index contributed by atoms with van der Waals surface area (Å²) in [7, 11) is 0. The van der Waals surface area contributed by atoms with Gasteiger partial charge in [0, 0.05) is 17.1 Å². The van der Waals surface area contributed by atoms with Crippen molar-refractivity contribution in [3.05, 3.63) is 58.6 Å². The Morgan fingerprint density at radius 3 is 2.67 bits per heavy atom. The lowest BCUT2D eigenvalue weighted by atomic mass is 10.2. The minimum absolute atomic E-state index is 0.0174. The summed E-state index contributed by atoms with van der Waals surface area (Å²) < 4.78 is 5.75. The highest BCUT2D eigenvalue weighted by Crippen LogP contribution is 2.30. The Bertz CT molecular complexity index is 543. The number of nitrogens with two attached hydrogens (primary N) is 1. The monoisotopic (exact) mass is 263 g/mol. The predicted molar refractivity (Wildman–Crippen MR) is 71.8 cm³/mol. The standard InChI is InChI=1S/C14H14ClNO2/c15-13-5-2-6-14(12(13)8-16)18-11-4-1-3-10(7-11)9-17/h1-7,17H,8-9,16H2. The molecule has 94 valence electrons. The SMILES string of the molecule is NCc1c(Cl)cccc1Oc1cccc(CO)c1. The molecular formula is C14H14ClNO2. The smallest absolute Gasteiger partial charge is 0.133 e. The second kappa shape index (κ2) is 5.87. The van der Waals surface area contributed by atoms with Crippen LogP contribution in [0.25, 0.3) is 0 Å². The van der Waals surface area contributed by atoms with E-state index in [4.69, 9.17) is 27.2 Å². The molecule has 3 N–H and O–H groups in total. The molecule has 0 heterocycles. The number of aliphatic hydroxyl groups excluding tert-OH is 1. The van der Waals surface area contributed by atoms with E-state index >= 15 is 0 Å². The molecule has 2 rings (SSSR count). The summed E-state index contributed by atoms with van der Waals surface area (Å²) in [6.07, 6.45) is 0. The Morgan fingerprint density at radius 1 is 1.17 bits per heavy atom. The van der Waals surface area contributed by atoms with Gasteiger partial charge in [0.1, 0.15) is 11.5 Å². The predicted octanol–water partition coefficient (Wildman–Crippen LogP) is 3.08. The Morgan fingerprint density at radius 2 is 1.94 bits per heavy atom. The third-order valence-electron chi connectivity index (χ3n) is 2.59. The van der Waals surface area contributed by atoms with Crippen LogP contribution in [0.1, 0.15) is 11.1 Å². The summed E-state index contributed by atoms with van der Waals surface area (Å²) in [4.78, 5) is 0. The third-order valence-corrected chi connectivity index (χ3v) is 2.94. The number of hydrogen-bond acceptors (Lipinski definition) is 3. The van der Waals surface area contributed by atoms with Gasteiger partial charge < -0.3 is 15.6 Å². The summed E-state index contributed by atoms with van der Waals surface area (Å²) in [5.74, 6) is 1.29. The molecule has 0 aliphatic heterocycles. The lowest BCUT2D eigenvalue weighted by Gasteiger charge is -2.11. The van der Waals surface area contributed by atoms with Crippen molar-refractivity contribution in [2.45, 2.75) is 13.2 Å². The van der Waals surface area contributed by atoms with E-state index in [1.807, 2.05) is 30.3 Å². The van der Waals surface area contributed by atoms with Gasteiger partial charge in [-0.25, -0.2) is 0 Å². The maximum atomic E-state index is 9.08. The van der Waals surface area contributed by atoms with Gasteiger partial charge in [-0.15, -0.1) is 0 Å². The van der Waals surface area contributed by atoms with Crippen LogP contribution in [0.15, 0.2) is 42.5 Å². The van der Waals surface area contributed by atoms with E-state index in [1.165, 1.54) is 0 Å². The molecule has 4 heteroatoms. The number of hydrogen-bond donors (Lipinski definition) is 2. The number of rotatable bonds is 4. The van der Waals surface area contributed by atoms with E-state index in [0.717, 1.165) is 11.1 Å². The molecule has 2 aromatic carbocycles. The molecule has 0 radical (unpaired) electrons. The Balaban J connectivity index is 2.30. The van der Waals surface area contributed by atoms with Crippen LogP contribution in [0.2, 0.25) is 5.02 Å². The van der Waals surface area contributed by atoms with Crippen molar-refractivity contribution >= 4 is 11.6 Å². The van der Waals surface area contributed by atoms with Crippen LogP contribution in [0.5, 0.6) is 11.5 Å². The van der Waals surface area contributed by atoms with E-state index in [0.29, 0.717) is 23.1 Å². The van der Waals surface area contributed by atoms with Gasteiger partial charge in [-0.1, -0.05) is 29.8 Å². The van der Waals surface area contributed by atoms with Crippen molar-refractivity contribution in [2.24, 2.45) is 5.73 Å².